The van der Waals surface area contributed by atoms with Crippen molar-refractivity contribution in [2.75, 3.05) is 5.32 Å². The predicted octanol–water partition coefficient (Wildman–Crippen LogP) is 4.84. The average molecular weight is 273 g/mol. The molecule has 1 nitrogen and oxygen atoms in total. The van der Waals surface area contributed by atoms with Crippen LogP contribution in [-0.2, 0) is 0 Å². The number of halogens is 1. The Morgan fingerprint density at radius 1 is 1.10 bits per heavy atom. The molecular formula is C18H24FN. The molecule has 1 N–H and O–H groups in total. The lowest BCUT2D eigenvalue weighted by atomic mass is 9.48. The van der Waals surface area contributed by atoms with Gasteiger partial charge >= 0.3 is 0 Å². The lowest BCUT2D eigenvalue weighted by Gasteiger charge is -2.59. The monoisotopic (exact) mass is 273 g/mol. The molecule has 0 amide bonds. The standard InChI is InChI=1S/C18H24FN/c1-12(20-17-4-2-3-16(19)8-17)18-9-13-5-14(10-18)7-15(6-13)11-18/h2-4,8,12-15,20H,5-7,9-11H2,1H3. The molecule has 0 radical (unpaired) electrons. The number of nitrogens with one attached hydrogen (secondary N) is 1. The highest BCUT2D eigenvalue weighted by atomic mass is 19.1. The number of anilines is 1. The fourth-order valence-electron chi connectivity index (χ4n) is 5.69. The van der Waals surface area contributed by atoms with Crippen molar-refractivity contribution in [3.05, 3.63) is 30.1 Å². The lowest BCUT2D eigenvalue weighted by Crippen LogP contribution is -2.52. The average Bonchev–Trinajstić information content (AvgIpc) is 2.37. The Bertz CT molecular complexity index is 475. The second kappa shape index (κ2) is 4.47. The van der Waals surface area contributed by atoms with E-state index in [2.05, 4.69) is 12.2 Å². The summed E-state index contributed by atoms with van der Waals surface area (Å²) in [6.45, 7) is 2.32. The summed E-state index contributed by atoms with van der Waals surface area (Å²) in [6.07, 6.45) is 8.61. The molecule has 0 spiro atoms. The third-order valence-corrected chi connectivity index (χ3v) is 6.21. The third-order valence-electron chi connectivity index (χ3n) is 6.21. The Hall–Kier alpha value is -1.05. The minimum absolute atomic E-state index is 0.146. The highest BCUT2D eigenvalue weighted by Crippen LogP contribution is 2.61. The molecule has 4 aliphatic carbocycles. The first-order valence-corrected chi connectivity index (χ1v) is 8.15. The first-order valence-electron chi connectivity index (χ1n) is 8.15. The van der Waals surface area contributed by atoms with E-state index in [9.17, 15) is 4.39 Å². The number of hydrogen-bond acceptors (Lipinski definition) is 1. The molecule has 4 bridgehead atoms. The van der Waals surface area contributed by atoms with Crippen molar-refractivity contribution in [1.82, 2.24) is 0 Å². The van der Waals surface area contributed by atoms with Crippen molar-refractivity contribution in [2.45, 2.75) is 51.5 Å². The van der Waals surface area contributed by atoms with Crippen molar-refractivity contribution in [2.24, 2.45) is 23.2 Å². The number of hydrogen-bond donors (Lipinski definition) is 1. The molecule has 5 rings (SSSR count). The van der Waals surface area contributed by atoms with Crippen molar-refractivity contribution in [3.8, 4) is 0 Å². The summed E-state index contributed by atoms with van der Waals surface area (Å²) >= 11 is 0. The largest absolute Gasteiger partial charge is 0.382 e. The zero-order valence-corrected chi connectivity index (χ0v) is 12.2. The summed E-state index contributed by atoms with van der Waals surface area (Å²) in [4.78, 5) is 0. The van der Waals surface area contributed by atoms with E-state index >= 15 is 0 Å². The van der Waals surface area contributed by atoms with E-state index in [1.165, 1.54) is 44.6 Å². The minimum Gasteiger partial charge on any atom is -0.382 e. The van der Waals surface area contributed by atoms with E-state index in [0.29, 0.717) is 11.5 Å². The molecule has 4 saturated carbocycles. The van der Waals surface area contributed by atoms with Crippen molar-refractivity contribution < 1.29 is 4.39 Å². The van der Waals surface area contributed by atoms with Gasteiger partial charge in [-0.1, -0.05) is 6.07 Å². The summed E-state index contributed by atoms with van der Waals surface area (Å²) < 4.78 is 13.3. The molecule has 1 aromatic carbocycles. The smallest absolute Gasteiger partial charge is 0.125 e. The highest BCUT2D eigenvalue weighted by Gasteiger charge is 2.53. The molecule has 0 aliphatic heterocycles. The summed E-state index contributed by atoms with van der Waals surface area (Å²) in [5.74, 6) is 2.77. The molecule has 20 heavy (non-hydrogen) atoms. The Morgan fingerprint density at radius 2 is 1.70 bits per heavy atom. The molecule has 0 aromatic heterocycles. The van der Waals surface area contributed by atoms with E-state index < -0.39 is 0 Å². The first-order chi connectivity index (χ1) is 9.63. The highest BCUT2D eigenvalue weighted by molar-refractivity contribution is 5.44. The van der Waals surface area contributed by atoms with Crippen LogP contribution in [0.4, 0.5) is 10.1 Å². The zero-order valence-electron chi connectivity index (χ0n) is 12.2. The van der Waals surface area contributed by atoms with Gasteiger partial charge in [-0.15, -0.1) is 0 Å². The van der Waals surface area contributed by atoms with Crippen LogP contribution in [0, 0.1) is 29.0 Å². The Balaban J connectivity index is 1.54. The van der Waals surface area contributed by atoms with Gasteiger partial charge in [-0.05, 0) is 86.8 Å². The lowest BCUT2D eigenvalue weighted by molar-refractivity contribution is -0.0602. The number of rotatable bonds is 3. The maximum absolute atomic E-state index is 13.3. The maximum atomic E-state index is 13.3. The molecule has 4 fully saturated rings. The van der Waals surface area contributed by atoms with Crippen LogP contribution in [0.15, 0.2) is 24.3 Å². The molecule has 2 heteroatoms. The molecule has 108 valence electrons. The van der Waals surface area contributed by atoms with Gasteiger partial charge < -0.3 is 5.32 Å². The van der Waals surface area contributed by atoms with Gasteiger partial charge in [0.1, 0.15) is 5.82 Å². The van der Waals surface area contributed by atoms with Crippen molar-refractivity contribution >= 4 is 5.69 Å². The van der Waals surface area contributed by atoms with E-state index in [1.807, 2.05) is 6.07 Å². The van der Waals surface area contributed by atoms with E-state index in [4.69, 9.17) is 0 Å². The van der Waals surface area contributed by atoms with Crippen LogP contribution in [0.25, 0.3) is 0 Å². The second-order valence-corrected chi connectivity index (χ2v) is 7.66. The van der Waals surface area contributed by atoms with Gasteiger partial charge in [-0.3, -0.25) is 0 Å². The summed E-state index contributed by atoms with van der Waals surface area (Å²) in [5.41, 5.74) is 1.41. The topological polar surface area (TPSA) is 12.0 Å². The molecule has 0 heterocycles. The molecular weight excluding hydrogens is 249 g/mol. The summed E-state index contributed by atoms with van der Waals surface area (Å²) in [7, 11) is 0. The van der Waals surface area contributed by atoms with Crippen LogP contribution >= 0.6 is 0 Å². The third kappa shape index (κ3) is 2.04. The Labute approximate surface area is 121 Å². The van der Waals surface area contributed by atoms with Crippen LogP contribution in [0.5, 0.6) is 0 Å². The molecule has 1 unspecified atom stereocenters. The van der Waals surface area contributed by atoms with Crippen LogP contribution in [-0.4, -0.2) is 6.04 Å². The van der Waals surface area contributed by atoms with Gasteiger partial charge in [0.25, 0.3) is 0 Å². The fourth-order valence-corrected chi connectivity index (χ4v) is 5.69. The second-order valence-electron chi connectivity index (χ2n) is 7.66. The summed E-state index contributed by atoms with van der Waals surface area (Å²) in [5, 5.41) is 3.60. The van der Waals surface area contributed by atoms with Crippen molar-refractivity contribution in [3.63, 3.8) is 0 Å². The van der Waals surface area contributed by atoms with Gasteiger partial charge in [0.2, 0.25) is 0 Å². The predicted molar refractivity (Wildman–Crippen MR) is 80.1 cm³/mol. The van der Waals surface area contributed by atoms with Crippen LogP contribution in [0.3, 0.4) is 0 Å². The van der Waals surface area contributed by atoms with E-state index in [-0.39, 0.29) is 5.82 Å². The van der Waals surface area contributed by atoms with Crippen LogP contribution in [0.1, 0.15) is 45.4 Å². The van der Waals surface area contributed by atoms with Gasteiger partial charge in [0.05, 0.1) is 0 Å². The molecule has 0 saturated heterocycles. The normalized spacial score (nSPS) is 39.8. The molecule has 1 aromatic rings. The van der Waals surface area contributed by atoms with Crippen molar-refractivity contribution in [1.29, 1.82) is 0 Å². The quantitative estimate of drug-likeness (QED) is 0.830. The van der Waals surface area contributed by atoms with Crippen LogP contribution < -0.4 is 5.32 Å². The Morgan fingerprint density at radius 3 is 2.25 bits per heavy atom. The zero-order chi connectivity index (χ0) is 13.7. The van der Waals surface area contributed by atoms with Gasteiger partial charge in [0, 0.05) is 11.7 Å². The number of benzene rings is 1. The first kappa shape index (κ1) is 12.7. The van der Waals surface area contributed by atoms with Gasteiger partial charge in [-0.25, -0.2) is 4.39 Å². The van der Waals surface area contributed by atoms with Gasteiger partial charge in [-0.2, -0.15) is 0 Å². The molecule has 1 atom stereocenters. The van der Waals surface area contributed by atoms with E-state index in [0.717, 1.165) is 23.4 Å². The molecule has 4 aliphatic rings. The van der Waals surface area contributed by atoms with E-state index in [1.54, 1.807) is 12.1 Å². The summed E-state index contributed by atoms with van der Waals surface area (Å²) in [6, 6.07) is 7.37. The van der Waals surface area contributed by atoms with Gasteiger partial charge in [0.15, 0.2) is 0 Å². The minimum atomic E-state index is -0.146. The van der Waals surface area contributed by atoms with Crippen LogP contribution in [0.2, 0.25) is 0 Å². The Kier molecular flexibility index (Phi) is 2.84. The SMILES string of the molecule is CC(Nc1cccc(F)c1)C12CC3CC(CC(C3)C1)C2. The fraction of sp³-hybridized carbons (Fsp3) is 0.667. The maximum Gasteiger partial charge on any atom is 0.125 e.